The summed E-state index contributed by atoms with van der Waals surface area (Å²) in [6.07, 6.45) is 1.15. The third kappa shape index (κ3) is 2.64. The van der Waals surface area contributed by atoms with Crippen LogP contribution in [-0.4, -0.2) is 11.7 Å². The molecule has 1 unspecified atom stereocenters. The molecule has 0 amide bonds. The second-order valence-electron chi connectivity index (χ2n) is 5.17. The summed E-state index contributed by atoms with van der Waals surface area (Å²) in [5.74, 6) is 0.964. The molecule has 0 saturated heterocycles. The quantitative estimate of drug-likeness (QED) is 0.911. The van der Waals surface area contributed by atoms with Gasteiger partial charge in [0.2, 0.25) is 0 Å². The Hall–Kier alpha value is -1.80. The minimum Gasteiger partial charge on any atom is -0.493 e. The number of hydrogen-bond donors (Lipinski definition) is 1. The van der Waals surface area contributed by atoms with E-state index in [-0.39, 0.29) is 0 Å². The number of hydrogen-bond acceptors (Lipinski definition) is 2. The van der Waals surface area contributed by atoms with Crippen molar-refractivity contribution in [3.05, 3.63) is 64.7 Å². The lowest BCUT2D eigenvalue weighted by atomic mass is 9.98. The molecule has 0 aromatic heterocycles. The molecule has 0 bridgehead atoms. The molecule has 2 nitrogen and oxygen atoms in total. The van der Waals surface area contributed by atoms with Gasteiger partial charge in [0.25, 0.3) is 0 Å². The molecule has 1 aliphatic rings. The summed E-state index contributed by atoms with van der Waals surface area (Å²) in [4.78, 5) is 0. The zero-order valence-corrected chi connectivity index (χ0v) is 11.1. The molecule has 0 spiro atoms. The molecule has 3 rings (SSSR count). The summed E-state index contributed by atoms with van der Waals surface area (Å²) in [6.45, 7) is 2.83. The second kappa shape index (κ2) is 5.06. The van der Waals surface area contributed by atoms with Crippen molar-refractivity contribution in [1.29, 1.82) is 0 Å². The van der Waals surface area contributed by atoms with Crippen LogP contribution in [0.5, 0.6) is 5.75 Å². The van der Waals surface area contributed by atoms with E-state index in [0.29, 0.717) is 6.42 Å². The average Bonchev–Trinajstić information content (AvgIpc) is 2.85. The van der Waals surface area contributed by atoms with Crippen molar-refractivity contribution in [2.75, 3.05) is 6.61 Å². The van der Waals surface area contributed by atoms with Crippen LogP contribution >= 0.6 is 0 Å². The minimum atomic E-state index is -0.451. The number of aryl methyl sites for hydroxylation is 1. The number of ether oxygens (including phenoxy) is 1. The number of fused-ring (bicyclic) bond motifs is 1. The van der Waals surface area contributed by atoms with Crippen molar-refractivity contribution in [2.45, 2.75) is 25.9 Å². The van der Waals surface area contributed by atoms with Gasteiger partial charge in [-0.1, -0.05) is 35.9 Å². The molecule has 1 heterocycles. The average molecular weight is 254 g/mol. The maximum Gasteiger partial charge on any atom is 0.122 e. The monoisotopic (exact) mass is 254 g/mol. The van der Waals surface area contributed by atoms with Gasteiger partial charge >= 0.3 is 0 Å². The van der Waals surface area contributed by atoms with Gasteiger partial charge in [-0.05, 0) is 35.7 Å². The zero-order chi connectivity index (χ0) is 13.2. The lowest BCUT2D eigenvalue weighted by Gasteiger charge is -2.12. The molecule has 1 aliphatic heterocycles. The zero-order valence-electron chi connectivity index (χ0n) is 11.1. The Balaban J connectivity index is 1.78. The number of benzene rings is 2. The first kappa shape index (κ1) is 12.2. The molecule has 0 saturated carbocycles. The Morgan fingerprint density at radius 1 is 1.21 bits per heavy atom. The fourth-order valence-electron chi connectivity index (χ4n) is 2.59. The molecule has 2 aromatic rings. The van der Waals surface area contributed by atoms with Crippen molar-refractivity contribution in [2.24, 2.45) is 0 Å². The van der Waals surface area contributed by atoms with Gasteiger partial charge in [-0.2, -0.15) is 0 Å². The standard InChI is InChI=1S/C17H18O2/c1-12-3-2-4-13(9-12)10-16(18)14-5-6-17-15(11-14)7-8-19-17/h2-6,9,11,16,18H,7-8,10H2,1H3. The summed E-state index contributed by atoms with van der Waals surface area (Å²) in [6, 6.07) is 14.3. The summed E-state index contributed by atoms with van der Waals surface area (Å²) >= 11 is 0. The van der Waals surface area contributed by atoms with E-state index in [2.05, 4.69) is 31.2 Å². The summed E-state index contributed by atoms with van der Waals surface area (Å²) in [5, 5.41) is 10.4. The van der Waals surface area contributed by atoms with Crippen LogP contribution in [0.1, 0.15) is 28.4 Å². The summed E-state index contributed by atoms with van der Waals surface area (Å²) < 4.78 is 5.49. The van der Waals surface area contributed by atoms with Crippen LogP contribution in [0.3, 0.4) is 0 Å². The molecule has 98 valence electrons. The highest BCUT2D eigenvalue weighted by Gasteiger charge is 2.15. The van der Waals surface area contributed by atoms with Gasteiger partial charge in [-0.3, -0.25) is 0 Å². The highest BCUT2D eigenvalue weighted by Crippen LogP contribution is 2.29. The van der Waals surface area contributed by atoms with Crippen LogP contribution in [0.2, 0.25) is 0 Å². The maximum atomic E-state index is 10.4. The van der Waals surface area contributed by atoms with Crippen molar-refractivity contribution >= 4 is 0 Å². The first-order valence-electron chi connectivity index (χ1n) is 6.71. The van der Waals surface area contributed by atoms with Crippen LogP contribution in [0, 0.1) is 6.92 Å². The van der Waals surface area contributed by atoms with Gasteiger partial charge in [0.15, 0.2) is 0 Å². The Bertz CT molecular complexity index is 590. The van der Waals surface area contributed by atoms with E-state index < -0.39 is 6.10 Å². The third-order valence-corrected chi connectivity index (χ3v) is 3.61. The Labute approximate surface area is 113 Å². The van der Waals surface area contributed by atoms with E-state index in [1.807, 2.05) is 18.2 Å². The molecule has 19 heavy (non-hydrogen) atoms. The Kier molecular flexibility index (Phi) is 3.26. The van der Waals surface area contributed by atoms with Crippen LogP contribution in [0.4, 0.5) is 0 Å². The summed E-state index contributed by atoms with van der Waals surface area (Å²) in [5.41, 5.74) is 4.59. The molecule has 2 aromatic carbocycles. The van der Waals surface area contributed by atoms with E-state index in [4.69, 9.17) is 4.74 Å². The molecule has 1 atom stereocenters. The Morgan fingerprint density at radius 2 is 2.11 bits per heavy atom. The van der Waals surface area contributed by atoms with E-state index in [1.54, 1.807) is 0 Å². The van der Waals surface area contributed by atoms with E-state index in [1.165, 1.54) is 16.7 Å². The van der Waals surface area contributed by atoms with Crippen molar-refractivity contribution in [3.8, 4) is 5.75 Å². The van der Waals surface area contributed by atoms with Crippen molar-refractivity contribution in [1.82, 2.24) is 0 Å². The first-order chi connectivity index (χ1) is 9.22. The molecule has 1 N–H and O–H groups in total. The fraction of sp³-hybridized carbons (Fsp3) is 0.294. The molecule has 2 heteroatoms. The molecular formula is C17H18O2. The van der Waals surface area contributed by atoms with E-state index in [0.717, 1.165) is 24.3 Å². The van der Waals surface area contributed by atoms with Crippen LogP contribution < -0.4 is 4.74 Å². The third-order valence-electron chi connectivity index (χ3n) is 3.61. The highest BCUT2D eigenvalue weighted by atomic mass is 16.5. The van der Waals surface area contributed by atoms with E-state index >= 15 is 0 Å². The number of aliphatic hydroxyl groups excluding tert-OH is 1. The van der Waals surface area contributed by atoms with Crippen LogP contribution in [-0.2, 0) is 12.8 Å². The van der Waals surface area contributed by atoms with Gasteiger partial charge in [0, 0.05) is 12.8 Å². The maximum absolute atomic E-state index is 10.4. The van der Waals surface area contributed by atoms with Crippen LogP contribution in [0.25, 0.3) is 0 Å². The van der Waals surface area contributed by atoms with Gasteiger partial charge in [0.05, 0.1) is 12.7 Å². The van der Waals surface area contributed by atoms with E-state index in [9.17, 15) is 5.11 Å². The minimum absolute atomic E-state index is 0.451. The molecule has 0 aliphatic carbocycles. The molecule has 0 fully saturated rings. The van der Waals surface area contributed by atoms with Gasteiger partial charge < -0.3 is 9.84 Å². The smallest absolute Gasteiger partial charge is 0.122 e. The molecule has 0 radical (unpaired) electrons. The predicted molar refractivity (Wildman–Crippen MR) is 75.5 cm³/mol. The van der Waals surface area contributed by atoms with Gasteiger partial charge in [-0.25, -0.2) is 0 Å². The normalized spacial score (nSPS) is 14.8. The lowest BCUT2D eigenvalue weighted by Crippen LogP contribution is -2.02. The van der Waals surface area contributed by atoms with Gasteiger partial charge in [-0.15, -0.1) is 0 Å². The largest absolute Gasteiger partial charge is 0.493 e. The molecular weight excluding hydrogens is 236 g/mol. The van der Waals surface area contributed by atoms with Crippen molar-refractivity contribution in [3.63, 3.8) is 0 Å². The lowest BCUT2D eigenvalue weighted by molar-refractivity contribution is 0.178. The second-order valence-corrected chi connectivity index (χ2v) is 5.17. The van der Waals surface area contributed by atoms with Crippen molar-refractivity contribution < 1.29 is 9.84 Å². The SMILES string of the molecule is Cc1cccc(CC(O)c2ccc3c(c2)CCO3)c1. The number of rotatable bonds is 3. The topological polar surface area (TPSA) is 29.5 Å². The first-order valence-corrected chi connectivity index (χ1v) is 6.71. The van der Waals surface area contributed by atoms with Crippen LogP contribution in [0.15, 0.2) is 42.5 Å². The fourth-order valence-corrected chi connectivity index (χ4v) is 2.59. The number of aliphatic hydroxyl groups is 1. The highest BCUT2D eigenvalue weighted by molar-refractivity contribution is 5.40. The Morgan fingerprint density at radius 3 is 2.95 bits per heavy atom. The summed E-state index contributed by atoms with van der Waals surface area (Å²) in [7, 11) is 0. The van der Waals surface area contributed by atoms with Gasteiger partial charge in [0.1, 0.15) is 5.75 Å². The predicted octanol–water partition coefficient (Wildman–Crippen LogP) is 3.21.